The zero-order valence-corrected chi connectivity index (χ0v) is 15.1. The van der Waals surface area contributed by atoms with Gasteiger partial charge < -0.3 is 10.0 Å². The molecule has 4 heteroatoms. The van der Waals surface area contributed by atoms with Crippen LogP contribution in [0.2, 0.25) is 0 Å². The Kier molecular flexibility index (Phi) is 14.7. The minimum Gasteiger partial charge on any atom is -0.480 e. The Morgan fingerprint density at radius 2 is 1.35 bits per heavy atom. The van der Waals surface area contributed by atoms with Crippen LogP contribution in [0, 0.1) is 0 Å². The summed E-state index contributed by atoms with van der Waals surface area (Å²) in [6.07, 6.45) is 18.7. The number of carboxylic acid groups (broad SMARTS) is 1. The average Bonchev–Trinajstić information content (AvgIpc) is 2.51. The molecule has 0 unspecified atom stereocenters. The third kappa shape index (κ3) is 15.4. The van der Waals surface area contributed by atoms with Crippen molar-refractivity contribution in [2.24, 2.45) is 0 Å². The second-order valence-corrected chi connectivity index (χ2v) is 6.31. The Bertz CT molecular complexity index is 340. The van der Waals surface area contributed by atoms with E-state index in [1.165, 1.54) is 82.2 Å². The number of allylic oxidation sites excluding steroid dienone is 1. The highest BCUT2D eigenvalue weighted by atomic mass is 16.4. The lowest BCUT2D eigenvalue weighted by Gasteiger charge is -2.11. The van der Waals surface area contributed by atoms with E-state index in [1.807, 2.05) is 6.08 Å². The van der Waals surface area contributed by atoms with Gasteiger partial charge in [0.2, 0.25) is 5.91 Å². The summed E-state index contributed by atoms with van der Waals surface area (Å²) in [4.78, 5) is 23.2. The number of carbonyl (C=O) groups is 2. The molecule has 0 aromatic heterocycles. The highest BCUT2D eigenvalue weighted by Crippen LogP contribution is 2.12. The number of unbranched alkanes of at least 4 members (excludes halogenated alkanes) is 11. The van der Waals surface area contributed by atoms with Crippen LogP contribution < -0.4 is 0 Å². The van der Waals surface area contributed by atoms with E-state index in [0.717, 1.165) is 12.8 Å². The van der Waals surface area contributed by atoms with Crippen LogP contribution in [0.25, 0.3) is 0 Å². The van der Waals surface area contributed by atoms with Crippen molar-refractivity contribution in [1.82, 2.24) is 4.90 Å². The molecular formula is C19H35NO3. The van der Waals surface area contributed by atoms with Crippen LogP contribution in [-0.2, 0) is 9.59 Å². The molecule has 4 nitrogen and oxygen atoms in total. The van der Waals surface area contributed by atoms with E-state index in [1.54, 1.807) is 0 Å². The highest BCUT2D eigenvalue weighted by molar-refractivity contribution is 5.89. The summed E-state index contributed by atoms with van der Waals surface area (Å²) in [5.41, 5.74) is 0. The molecular weight excluding hydrogens is 290 g/mol. The molecule has 0 aliphatic carbocycles. The summed E-state index contributed by atoms with van der Waals surface area (Å²) in [6.45, 7) is 2.00. The number of hydrogen-bond donors (Lipinski definition) is 1. The summed E-state index contributed by atoms with van der Waals surface area (Å²) in [7, 11) is 1.50. The summed E-state index contributed by atoms with van der Waals surface area (Å²) in [5.74, 6) is -1.23. The molecule has 1 amide bonds. The smallest absolute Gasteiger partial charge is 0.323 e. The maximum Gasteiger partial charge on any atom is 0.323 e. The predicted molar refractivity (Wildman–Crippen MR) is 95.5 cm³/mol. The molecule has 0 aliphatic heterocycles. The van der Waals surface area contributed by atoms with Crippen molar-refractivity contribution in [3.63, 3.8) is 0 Å². The van der Waals surface area contributed by atoms with E-state index >= 15 is 0 Å². The van der Waals surface area contributed by atoms with Gasteiger partial charge in [-0.25, -0.2) is 0 Å². The van der Waals surface area contributed by atoms with Crippen LogP contribution in [-0.4, -0.2) is 35.5 Å². The zero-order chi connectivity index (χ0) is 17.3. The molecule has 0 heterocycles. The monoisotopic (exact) mass is 325 g/mol. The molecule has 0 aromatic rings. The standard InChI is InChI=1S/C19H35NO3/c1-3-4-5-6-7-8-9-10-11-12-13-14-15-16-18(21)20(2)17-19(22)23/h15-16H,3-14,17H2,1-2H3,(H,22,23). The number of nitrogens with zero attached hydrogens (tertiary/aromatic N) is 1. The lowest BCUT2D eigenvalue weighted by molar-refractivity contribution is -0.141. The fourth-order valence-electron chi connectivity index (χ4n) is 2.52. The molecule has 134 valence electrons. The number of carboxylic acids is 1. The van der Waals surface area contributed by atoms with Crippen molar-refractivity contribution in [2.75, 3.05) is 13.6 Å². The Hall–Kier alpha value is -1.32. The molecule has 0 spiro atoms. The van der Waals surface area contributed by atoms with Crippen molar-refractivity contribution in [3.05, 3.63) is 12.2 Å². The second-order valence-electron chi connectivity index (χ2n) is 6.31. The molecule has 23 heavy (non-hydrogen) atoms. The Balaban J connectivity index is 3.37. The first kappa shape index (κ1) is 21.7. The van der Waals surface area contributed by atoms with Gasteiger partial charge in [0.15, 0.2) is 0 Å². The number of amides is 1. The van der Waals surface area contributed by atoms with Crippen LogP contribution in [0.5, 0.6) is 0 Å². The van der Waals surface area contributed by atoms with E-state index < -0.39 is 5.97 Å². The van der Waals surface area contributed by atoms with Gasteiger partial charge in [0, 0.05) is 7.05 Å². The number of aliphatic carboxylic acids is 1. The second kappa shape index (κ2) is 15.6. The van der Waals surface area contributed by atoms with Crippen LogP contribution in [0.3, 0.4) is 0 Å². The van der Waals surface area contributed by atoms with Crippen molar-refractivity contribution in [3.8, 4) is 0 Å². The van der Waals surface area contributed by atoms with Gasteiger partial charge in [-0.15, -0.1) is 0 Å². The Labute approximate surface area is 141 Å². The third-order valence-electron chi connectivity index (χ3n) is 3.98. The zero-order valence-electron chi connectivity index (χ0n) is 15.1. The van der Waals surface area contributed by atoms with Gasteiger partial charge >= 0.3 is 5.97 Å². The van der Waals surface area contributed by atoms with Crippen molar-refractivity contribution >= 4 is 11.9 Å². The van der Waals surface area contributed by atoms with E-state index in [9.17, 15) is 9.59 Å². The summed E-state index contributed by atoms with van der Waals surface area (Å²) >= 11 is 0. The van der Waals surface area contributed by atoms with Gasteiger partial charge in [-0.2, -0.15) is 0 Å². The summed E-state index contributed by atoms with van der Waals surface area (Å²) in [5, 5.41) is 8.60. The third-order valence-corrected chi connectivity index (χ3v) is 3.98. The van der Waals surface area contributed by atoms with Crippen molar-refractivity contribution in [2.45, 2.75) is 84.0 Å². The fraction of sp³-hybridized carbons (Fsp3) is 0.789. The first-order valence-electron chi connectivity index (χ1n) is 9.21. The Morgan fingerprint density at radius 3 is 1.83 bits per heavy atom. The Morgan fingerprint density at radius 1 is 0.870 bits per heavy atom. The van der Waals surface area contributed by atoms with Gasteiger partial charge in [-0.05, 0) is 18.9 Å². The maximum atomic E-state index is 11.6. The van der Waals surface area contributed by atoms with Gasteiger partial charge in [0.1, 0.15) is 6.54 Å². The molecule has 0 rings (SSSR count). The molecule has 0 atom stereocenters. The first-order chi connectivity index (χ1) is 11.1. The number of carbonyl (C=O) groups excluding carboxylic acids is 1. The molecule has 0 saturated heterocycles. The largest absolute Gasteiger partial charge is 0.480 e. The number of rotatable bonds is 15. The van der Waals surface area contributed by atoms with E-state index in [0.29, 0.717) is 0 Å². The molecule has 0 aromatic carbocycles. The number of hydrogen-bond acceptors (Lipinski definition) is 2. The lowest BCUT2D eigenvalue weighted by Crippen LogP contribution is -2.30. The van der Waals surface area contributed by atoms with Gasteiger partial charge in [-0.1, -0.05) is 77.2 Å². The van der Waals surface area contributed by atoms with Crippen molar-refractivity contribution < 1.29 is 14.7 Å². The quantitative estimate of drug-likeness (QED) is 0.348. The lowest BCUT2D eigenvalue weighted by atomic mass is 10.1. The molecule has 0 aliphatic rings. The van der Waals surface area contributed by atoms with Crippen LogP contribution >= 0.6 is 0 Å². The summed E-state index contributed by atoms with van der Waals surface area (Å²) in [6, 6.07) is 0. The van der Waals surface area contributed by atoms with Gasteiger partial charge in [0.05, 0.1) is 0 Å². The SMILES string of the molecule is CCCCCCCCCCCCCC=CC(=O)N(C)CC(=O)O. The maximum absolute atomic E-state index is 11.6. The van der Waals surface area contributed by atoms with Gasteiger partial charge in [-0.3, -0.25) is 9.59 Å². The first-order valence-corrected chi connectivity index (χ1v) is 9.21. The predicted octanol–water partition coefficient (Wildman–Crippen LogP) is 4.79. The molecule has 0 fully saturated rings. The molecule has 0 bridgehead atoms. The minimum absolute atomic E-state index is 0.240. The molecule has 0 radical (unpaired) electrons. The highest BCUT2D eigenvalue weighted by Gasteiger charge is 2.07. The van der Waals surface area contributed by atoms with Crippen molar-refractivity contribution in [1.29, 1.82) is 0 Å². The average molecular weight is 325 g/mol. The van der Waals surface area contributed by atoms with Crippen LogP contribution in [0.4, 0.5) is 0 Å². The number of likely N-dealkylation sites (N-methyl/N-ethyl adjacent to an activating group) is 1. The van der Waals surface area contributed by atoms with E-state index in [2.05, 4.69) is 6.92 Å². The summed E-state index contributed by atoms with van der Waals surface area (Å²) < 4.78 is 0. The van der Waals surface area contributed by atoms with Crippen LogP contribution in [0.15, 0.2) is 12.2 Å². The fourth-order valence-corrected chi connectivity index (χ4v) is 2.52. The molecule has 0 saturated carbocycles. The van der Waals surface area contributed by atoms with E-state index in [-0.39, 0.29) is 12.5 Å². The van der Waals surface area contributed by atoms with Gasteiger partial charge in [0.25, 0.3) is 0 Å². The minimum atomic E-state index is -0.986. The normalized spacial score (nSPS) is 11.0. The topological polar surface area (TPSA) is 57.6 Å². The van der Waals surface area contributed by atoms with Crippen LogP contribution in [0.1, 0.15) is 84.0 Å². The van der Waals surface area contributed by atoms with E-state index in [4.69, 9.17) is 5.11 Å². The molecule has 1 N–H and O–H groups in total.